The number of hydrogen-bond donors (Lipinski definition) is 5. The average Bonchev–Trinajstić information content (AvgIpc) is 3.29. The van der Waals surface area contributed by atoms with Gasteiger partial charge >= 0.3 is 22.4 Å². The number of β-lactam (4-membered cyclic amide) rings is 1. The molecule has 18 heteroatoms. The van der Waals surface area contributed by atoms with E-state index in [9.17, 15) is 37.5 Å². The molecule has 4 aliphatic heterocycles. The predicted octanol–water partition coefficient (Wildman–Crippen LogP) is -1.21. The first kappa shape index (κ1) is 30.5. The Bertz CT molecular complexity index is 1360. The maximum Gasteiger partial charge on any atom is 0.418 e. The number of carboxylic acid groups (broad SMARTS) is 1. The molecule has 4 heterocycles. The number of carbonyl (C=O) groups is 5. The van der Waals surface area contributed by atoms with E-state index in [0.29, 0.717) is 23.5 Å². The molecule has 5 amide bonds. The van der Waals surface area contributed by atoms with Crippen molar-refractivity contribution in [3.63, 3.8) is 0 Å². The number of hydroxylamine groups is 2. The number of aliphatic carboxylic acids is 1. The van der Waals surface area contributed by atoms with E-state index in [4.69, 9.17) is 16.0 Å². The minimum atomic E-state index is -4.75. The lowest BCUT2D eigenvalue weighted by Gasteiger charge is -2.43. The van der Waals surface area contributed by atoms with Crippen LogP contribution in [0.15, 0.2) is 30.3 Å². The Morgan fingerprint density at radius 2 is 1.80 bits per heavy atom. The number of hydrogen-bond acceptors (Lipinski definition) is 10. The summed E-state index contributed by atoms with van der Waals surface area (Å²) in [5.41, 5.74) is 11.7. The summed E-state index contributed by atoms with van der Waals surface area (Å²) in [5, 5.41) is 12.2. The second kappa shape index (κ2) is 11.1. The number of fused-ring (bicyclic) bond motifs is 3. The van der Waals surface area contributed by atoms with Gasteiger partial charge in [-0.3, -0.25) is 18.9 Å². The topological polar surface area (TPSA) is 243 Å². The van der Waals surface area contributed by atoms with Crippen LogP contribution in [0.4, 0.5) is 4.79 Å². The fraction of sp³-hybridized carbons (Fsp3) is 0.522. The molecule has 1 aromatic rings. The fourth-order valence-electron chi connectivity index (χ4n) is 5.33. The van der Waals surface area contributed by atoms with Crippen molar-refractivity contribution < 1.29 is 46.3 Å². The number of nitrogens with zero attached hydrogens (tertiary/aromatic N) is 3. The summed E-state index contributed by atoms with van der Waals surface area (Å²) in [5.74, 6) is -2.50. The van der Waals surface area contributed by atoms with E-state index < -0.39 is 69.2 Å². The monoisotopic (exact) mass is 614 g/mol. The Morgan fingerprint density at radius 1 is 1.17 bits per heavy atom. The van der Waals surface area contributed by atoms with Crippen LogP contribution in [-0.2, 0) is 33.9 Å². The molecular weight excluding hydrogens is 584 g/mol. The van der Waals surface area contributed by atoms with Crippen molar-refractivity contribution >= 4 is 51.9 Å². The van der Waals surface area contributed by atoms with Gasteiger partial charge in [0.1, 0.15) is 29.5 Å². The van der Waals surface area contributed by atoms with Crippen LogP contribution in [0.3, 0.4) is 0 Å². The standard InChI is InChI=1S/C16H19N3O4S.C7H11N3O6S/c1-16(2)11(15(22)23)19-13(21)10(14(19)24-16)18-12(20)9(17)8-6-4-3-5-7-8;8-6(11)5-2-1-4-3-9(5)7(12)10(4)16-17(13,14)15/h3-7,9-11,14H,17H2,1-2H3,(H,18,20)(H,22,23);4-5H,1-3H2,(H2,8,11)(H,13,14,15)/t9-,10-,11+,14-;/m1./s1. The number of rotatable bonds is 7. The van der Waals surface area contributed by atoms with Crippen LogP contribution in [0.5, 0.6) is 0 Å². The molecule has 4 saturated heterocycles. The van der Waals surface area contributed by atoms with E-state index >= 15 is 0 Å². The third kappa shape index (κ3) is 5.96. The Morgan fingerprint density at radius 3 is 2.37 bits per heavy atom. The second-order valence-corrected chi connectivity index (χ2v) is 13.2. The van der Waals surface area contributed by atoms with Crippen LogP contribution >= 0.6 is 11.8 Å². The summed E-state index contributed by atoms with van der Waals surface area (Å²) in [6.45, 7) is 3.73. The van der Waals surface area contributed by atoms with Gasteiger partial charge in [-0.25, -0.2) is 9.59 Å². The number of carboxylic acids is 1. The molecule has 1 aromatic carbocycles. The van der Waals surface area contributed by atoms with E-state index in [2.05, 4.69) is 9.60 Å². The summed E-state index contributed by atoms with van der Waals surface area (Å²) < 4.78 is 33.2. The minimum absolute atomic E-state index is 0.155. The van der Waals surface area contributed by atoms with Gasteiger partial charge in [0.05, 0.1) is 6.04 Å². The Hall–Kier alpha value is -3.45. The zero-order valence-electron chi connectivity index (χ0n) is 21.9. The van der Waals surface area contributed by atoms with Gasteiger partial charge in [0.25, 0.3) is 0 Å². The molecule has 2 bridgehead atoms. The molecule has 41 heavy (non-hydrogen) atoms. The predicted molar refractivity (Wildman–Crippen MR) is 142 cm³/mol. The fourth-order valence-corrected chi connectivity index (χ4v) is 7.34. The van der Waals surface area contributed by atoms with Gasteiger partial charge in [0, 0.05) is 11.3 Å². The van der Waals surface area contributed by atoms with E-state index in [1.54, 1.807) is 38.1 Å². The summed E-state index contributed by atoms with van der Waals surface area (Å²) in [4.78, 5) is 61.4. The molecule has 7 N–H and O–H groups in total. The first-order valence-corrected chi connectivity index (χ1v) is 14.7. The Labute approximate surface area is 239 Å². The number of nitrogens with two attached hydrogens (primary N) is 2. The van der Waals surface area contributed by atoms with Crippen LogP contribution in [0, 0.1) is 0 Å². The van der Waals surface area contributed by atoms with Crippen molar-refractivity contribution in [1.29, 1.82) is 0 Å². The molecule has 4 aliphatic rings. The third-order valence-electron chi connectivity index (χ3n) is 7.24. The number of amides is 5. The zero-order valence-corrected chi connectivity index (χ0v) is 23.6. The molecule has 224 valence electrons. The number of benzene rings is 1. The Kier molecular flexibility index (Phi) is 8.25. The lowest BCUT2D eigenvalue weighted by Crippen LogP contribution is -2.71. The van der Waals surface area contributed by atoms with Gasteiger partial charge in [0.2, 0.25) is 17.7 Å². The van der Waals surface area contributed by atoms with Gasteiger partial charge in [-0.05, 0) is 32.3 Å². The van der Waals surface area contributed by atoms with Gasteiger partial charge in [0.15, 0.2) is 0 Å². The van der Waals surface area contributed by atoms with Gasteiger partial charge < -0.3 is 31.7 Å². The summed E-state index contributed by atoms with van der Waals surface area (Å²) >= 11 is 1.38. The molecule has 0 radical (unpaired) electrons. The van der Waals surface area contributed by atoms with Crippen LogP contribution in [-0.4, -0.2) is 103 Å². The van der Waals surface area contributed by atoms with E-state index in [1.165, 1.54) is 16.7 Å². The second-order valence-electron chi connectivity index (χ2n) is 10.4. The summed E-state index contributed by atoms with van der Waals surface area (Å²) in [7, 11) is -4.75. The van der Waals surface area contributed by atoms with E-state index in [1.807, 2.05) is 6.07 Å². The highest BCUT2D eigenvalue weighted by Gasteiger charge is 2.64. The summed E-state index contributed by atoms with van der Waals surface area (Å²) in [6, 6.07) is 4.34. The van der Waals surface area contributed by atoms with Crippen molar-refractivity contribution in [2.24, 2.45) is 11.5 Å². The average molecular weight is 615 g/mol. The van der Waals surface area contributed by atoms with Gasteiger partial charge in [-0.1, -0.05) is 30.3 Å². The molecular formula is C23H30N6O10S2. The largest absolute Gasteiger partial charge is 0.480 e. The maximum atomic E-state index is 12.3. The number of nitrogens with one attached hydrogen (secondary N) is 1. The number of thioether (sulfide) groups is 1. The molecule has 0 aromatic heterocycles. The number of primary amides is 1. The quantitative estimate of drug-likeness (QED) is 0.179. The number of urea groups is 1. The highest BCUT2D eigenvalue weighted by atomic mass is 32.3. The maximum absolute atomic E-state index is 12.3. The Balaban J connectivity index is 0.000000201. The zero-order chi connectivity index (χ0) is 30.4. The number of carbonyl (C=O) groups excluding carboxylic acids is 4. The van der Waals surface area contributed by atoms with Gasteiger partial charge in [-0.2, -0.15) is 13.5 Å². The van der Waals surface area contributed by atoms with Crippen molar-refractivity contribution in [3.05, 3.63) is 35.9 Å². The normalized spacial score (nSPS) is 28.7. The molecule has 6 atom stereocenters. The highest BCUT2D eigenvalue weighted by molar-refractivity contribution is 8.01. The van der Waals surface area contributed by atoms with Crippen molar-refractivity contribution in [1.82, 2.24) is 20.2 Å². The molecule has 5 rings (SSSR count). The van der Waals surface area contributed by atoms with E-state index in [-0.39, 0.29) is 17.8 Å². The molecule has 4 fully saturated rings. The third-order valence-corrected chi connectivity index (χ3v) is 9.16. The first-order chi connectivity index (χ1) is 19.0. The molecule has 2 unspecified atom stereocenters. The lowest BCUT2D eigenvalue weighted by atomic mass is 9.95. The first-order valence-electron chi connectivity index (χ1n) is 12.4. The molecule has 16 nitrogen and oxygen atoms in total. The van der Waals surface area contributed by atoms with Gasteiger partial charge in [-0.15, -0.1) is 16.0 Å². The highest BCUT2D eigenvalue weighted by Crippen LogP contribution is 2.50. The summed E-state index contributed by atoms with van der Waals surface area (Å²) in [6.07, 6.45) is 0.725. The van der Waals surface area contributed by atoms with Crippen molar-refractivity contribution in [3.8, 4) is 0 Å². The van der Waals surface area contributed by atoms with Crippen molar-refractivity contribution in [2.45, 2.75) is 67.0 Å². The van der Waals surface area contributed by atoms with Crippen LogP contribution in [0.2, 0.25) is 0 Å². The van der Waals surface area contributed by atoms with Crippen LogP contribution in [0.25, 0.3) is 0 Å². The molecule has 0 aliphatic carbocycles. The lowest BCUT2D eigenvalue weighted by molar-refractivity contribution is -0.161. The van der Waals surface area contributed by atoms with Crippen molar-refractivity contribution in [2.75, 3.05) is 6.54 Å². The molecule has 0 saturated carbocycles. The van der Waals surface area contributed by atoms with E-state index in [0.717, 1.165) is 4.90 Å². The smallest absolute Gasteiger partial charge is 0.418 e. The van der Waals surface area contributed by atoms with Crippen LogP contribution < -0.4 is 16.8 Å². The SMILES string of the molecule is CC1(C)S[C@@H]2[C@H](NC(=O)[C@H](N)c3ccccc3)C(=O)N2[C@H]1C(=O)O.NC(=O)C1CCC2CN1C(=O)N2OS(=O)(=O)O. The number of piperidine rings is 1. The van der Waals surface area contributed by atoms with Crippen LogP contribution in [0.1, 0.15) is 38.3 Å². The molecule has 0 spiro atoms. The minimum Gasteiger partial charge on any atom is -0.480 e.